The van der Waals surface area contributed by atoms with E-state index in [2.05, 4.69) is 9.97 Å². The fraction of sp³-hybridized carbons (Fsp3) is 0.273. The van der Waals surface area contributed by atoms with Crippen LogP contribution in [0.1, 0.15) is 16.8 Å². The number of hydrogen-bond donors (Lipinski definition) is 0. The molecule has 0 radical (unpaired) electrons. The molecule has 90 valence electrons. The second-order valence-electron chi connectivity index (χ2n) is 3.37. The van der Waals surface area contributed by atoms with Gasteiger partial charge in [0.1, 0.15) is 12.1 Å². The number of aromatic nitrogens is 2. The van der Waals surface area contributed by atoms with Crippen molar-refractivity contribution in [2.24, 2.45) is 0 Å². The molecular formula is C11H10Cl2N2O2. The molecule has 1 atom stereocenters. The number of alkyl halides is 1. The van der Waals surface area contributed by atoms with Crippen LogP contribution in [0.15, 0.2) is 28.9 Å². The summed E-state index contributed by atoms with van der Waals surface area (Å²) in [4.78, 5) is 8.03. The third kappa shape index (κ3) is 3.11. The van der Waals surface area contributed by atoms with Crippen LogP contribution in [0.25, 0.3) is 0 Å². The Labute approximate surface area is 109 Å². The fourth-order valence-corrected chi connectivity index (χ4v) is 1.81. The van der Waals surface area contributed by atoms with Crippen LogP contribution in [-0.4, -0.2) is 17.1 Å². The first-order chi connectivity index (χ1) is 8.19. The molecule has 0 fully saturated rings. The quantitative estimate of drug-likeness (QED) is 0.802. The van der Waals surface area contributed by atoms with Crippen LogP contribution >= 0.6 is 23.2 Å². The highest BCUT2D eigenvalue weighted by Gasteiger charge is 2.14. The van der Waals surface area contributed by atoms with Crippen molar-refractivity contribution in [1.29, 1.82) is 0 Å². The molecule has 2 heterocycles. The van der Waals surface area contributed by atoms with E-state index in [4.69, 9.17) is 32.4 Å². The molecule has 6 heteroatoms. The molecule has 2 aromatic heterocycles. The van der Waals surface area contributed by atoms with Gasteiger partial charge in [-0.25, -0.2) is 9.97 Å². The lowest BCUT2D eigenvalue weighted by Crippen LogP contribution is -1.99. The van der Waals surface area contributed by atoms with Crippen molar-refractivity contribution in [2.75, 3.05) is 7.11 Å². The highest BCUT2D eigenvalue weighted by atomic mass is 35.5. The average molecular weight is 273 g/mol. The average Bonchev–Trinajstić information content (AvgIpc) is 2.76. The first kappa shape index (κ1) is 12.2. The molecule has 4 nitrogen and oxygen atoms in total. The summed E-state index contributed by atoms with van der Waals surface area (Å²) in [5.41, 5.74) is 0.782. The van der Waals surface area contributed by atoms with Crippen molar-refractivity contribution < 1.29 is 9.15 Å². The molecule has 0 spiro atoms. The SMILES string of the molecule is COc1cc(CC(Cl)c2ccc(Cl)o2)ncn1. The molecule has 0 saturated heterocycles. The maximum atomic E-state index is 6.20. The second kappa shape index (κ2) is 5.38. The zero-order chi connectivity index (χ0) is 12.3. The lowest BCUT2D eigenvalue weighted by Gasteiger charge is -2.06. The van der Waals surface area contributed by atoms with Gasteiger partial charge in [-0.3, -0.25) is 0 Å². The molecule has 0 aliphatic carbocycles. The summed E-state index contributed by atoms with van der Waals surface area (Å²) in [6.45, 7) is 0. The van der Waals surface area contributed by atoms with Gasteiger partial charge >= 0.3 is 0 Å². The Morgan fingerprint density at radius 1 is 1.41 bits per heavy atom. The Hall–Kier alpha value is -1.26. The van der Waals surface area contributed by atoms with Gasteiger partial charge in [0.15, 0.2) is 5.22 Å². The molecule has 0 amide bonds. The van der Waals surface area contributed by atoms with Gasteiger partial charge in [-0.15, -0.1) is 11.6 Å². The maximum absolute atomic E-state index is 6.20. The van der Waals surface area contributed by atoms with Crippen molar-refractivity contribution in [2.45, 2.75) is 11.8 Å². The summed E-state index contributed by atoms with van der Waals surface area (Å²) in [5.74, 6) is 1.13. The minimum absolute atomic E-state index is 0.317. The lowest BCUT2D eigenvalue weighted by atomic mass is 10.2. The predicted molar refractivity (Wildman–Crippen MR) is 64.6 cm³/mol. The summed E-state index contributed by atoms with van der Waals surface area (Å²) in [5, 5.41) is 0.00743. The topological polar surface area (TPSA) is 48.2 Å². The summed E-state index contributed by atoms with van der Waals surface area (Å²) < 4.78 is 10.2. The number of methoxy groups -OCH3 is 1. The standard InChI is InChI=1S/C11H10Cl2N2O2/c1-16-11-5-7(14-6-15-11)4-8(12)9-2-3-10(13)17-9/h2-3,5-6,8H,4H2,1H3. The van der Waals surface area contributed by atoms with E-state index in [-0.39, 0.29) is 5.38 Å². The first-order valence-electron chi connectivity index (χ1n) is 4.93. The Kier molecular flexibility index (Phi) is 3.86. The molecule has 0 N–H and O–H groups in total. The highest BCUT2D eigenvalue weighted by Crippen LogP contribution is 2.28. The summed E-state index contributed by atoms with van der Waals surface area (Å²) in [7, 11) is 1.55. The molecule has 17 heavy (non-hydrogen) atoms. The molecule has 0 aliphatic heterocycles. The Morgan fingerprint density at radius 2 is 2.24 bits per heavy atom. The van der Waals surface area contributed by atoms with E-state index < -0.39 is 0 Å². The number of halogens is 2. The maximum Gasteiger partial charge on any atom is 0.216 e. The Balaban J connectivity index is 2.09. The van der Waals surface area contributed by atoms with Crippen molar-refractivity contribution in [1.82, 2.24) is 9.97 Å². The van der Waals surface area contributed by atoms with E-state index in [1.54, 1.807) is 25.3 Å². The number of furan rings is 1. The molecule has 0 aromatic carbocycles. The summed E-state index contributed by atoms with van der Waals surface area (Å²) >= 11 is 11.9. The van der Waals surface area contributed by atoms with E-state index >= 15 is 0 Å². The van der Waals surface area contributed by atoms with E-state index in [1.807, 2.05) is 0 Å². The van der Waals surface area contributed by atoms with Crippen LogP contribution in [0.2, 0.25) is 5.22 Å². The van der Waals surface area contributed by atoms with Gasteiger partial charge in [0, 0.05) is 18.2 Å². The van der Waals surface area contributed by atoms with Crippen LogP contribution in [0.5, 0.6) is 5.88 Å². The molecule has 0 saturated carbocycles. The van der Waals surface area contributed by atoms with Crippen molar-refractivity contribution in [3.8, 4) is 5.88 Å². The van der Waals surface area contributed by atoms with Crippen molar-refractivity contribution >= 4 is 23.2 Å². The molecular weight excluding hydrogens is 263 g/mol. The minimum atomic E-state index is -0.317. The number of ether oxygens (including phenoxy) is 1. The van der Waals surface area contributed by atoms with Crippen LogP contribution in [0.3, 0.4) is 0 Å². The first-order valence-corrected chi connectivity index (χ1v) is 5.74. The Morgan fingerprint density at radius 3 is 2.88 bits per heavy atom. The van der Waals surface area contributed by atoms with E-state index in [0.29, 0.717) is 23.3 Å². The second-order valence-corrected chi connectivity index (χ2v) is 4.26. The van der Waals surface area contributed by atoms with E-state index in [9.17, 15) is 0 Å². The van der Waals surface area contributed by atoms with Crippen LogP contribution in [0, 0.1) is 0 Å². The summed E-state index contributed by atoms with van der Waals surface area (Å²) in [6, 6.07) is 5.14. The normalized spacial score (nSPS) is 12.4. The van der Waals surface area contributed by atoms with Gasteiger partial charge in [0.05, 0.1) is 12.5 Å². The number of rotatable bonds is 4. The zero-order valence-electron chi connectivity index (χ0n) is 9.06. The van der Waals surface area contributed by atoms with Gasteiger partial charge in [0.2, 0.25) is 5.88 Å². The van der Waals surface area contributed by atoms with Gasteiger partial charge in [-0.2, -0.15) is 0 Å². The third-order valence-electron chi connectivity index (χ3n) is 2.20. The predicted octanol–water partition coefficient (Wildman–Crippen LogP) is 3.25. The fourth-order valence-electron chi connectivity index (χ4n) is 1.38. The molecule has 2 aromatic rings. The molecule has 2 rings (SSSR count). The molecule has 0 aliphatic rings. The van der Waals surface area contributed by atoms with Crippen LogP contribution in [0.4, 0.5) is 0 Å². The Bertz CT molecular complexity index is 502. The van der Waals surface area contributed by atoms with E-state index in [1.165, 1.54) is 6.33 Å². The monoisotopic (exact) mass is 272 g/mol. The van der Waals surface area contributed by atoms with Gasteiger partial charge in [-0.05, 0) is 23.7 Å². The number of nitrogens with zero attached hydrogens (tertiary/aromatic N) is 2. The largest absolute Gasteiger partial charge is 0.481 e. The van der Waals surface area contributed by atoms with Crippen molar-refractivity contribution in [3.05, 3.63) is 41.2 Å². The van der Waals surface area contributed by atoms with Crippen LogP contribution in [-0.2, 0) is 6.42 Å². The minimum Gasteiger partial charge on any atom is -0.481 e. The lowest BCUT2D eigenvalue weighted by molar-refractivity contribution is 0.395. The highest BCUT2D eigenvalue weighted by molar-refractivity contribution is 6.29. The van der Waals surface area contributed by atoms with Gasteiger partial charge < -0.3 is 9.15 Å². The van der Waals surface area contributed by atoms with Crippen LogP contribution < -0.4 is 4.74 Å². The molecule has 0 bridgehead atoms. The third-order valence-corrected chi connectivity index (χ3v) is 2.77. The van der Waals surface area contributed by atoms with Crippen molar-refractivity contribution in [3.63, 3.8) is 0 Å². The number of hydrogen-bond acceptors (Lipinski definition) is 4. The smallest absolute Gasteiger partial charge is 0.216 e. The summed E-state index contributed by atoms with van der Waals surface area (Å²) in [6.07, 6.45) is 1.96. The van der Waals surface area contributed by atoms with Gasteiger partial charge in [0.25, 0.3) is 0 Å². The van der Waals surface area contributed by atoms with E-state index in [0.717, 1.165) is 5.69 Å². The zero-order valence-corrected chi connectivity index (χ0v) is 10.6. The van der Waals surface area contributed by atoms with Gasteiger partial charge in [-0.1, -0.05) is 0 Å². The molecule has 1 unspecified atom stereocenters.